The third kappa shape index (κ3) is 3.10. The van der Waals surface area contributed by atoms with Gasteiger partial charge in [0.25, 0.3) is 0 Å². The zero-order valence-corrected chi connectivity index (χ0v) is 15.7. The lowest BCUT2D eigenvalue weighted by Crippen LogP contribution is -2.46. The van der Waals surface area contributed by atoms with Gasteiger partial charge in [-0.3, -0.25) is 9.59 Å². The summed E-state index contributed by atoms with van der Waals surface area (Å²) in [5.74, 6) is 0.825. The van der Waals surface area contributed by atoms with E-state index in [2.05, 4.69) is 23.8 Å². The average molecular weight is 357 g/mol. The van der Waals surface area contributed by atoms with Gasteiger partial charge in [-0.05, 0) is 31.6 Å². The van der Waals surface area contributed by atoms with E-state index in [1.165, 1.54) is 0 Å². The number of amides is 1. The summed E-state index contributed by atoms with van der Waals surface area (Å²) >= 11 is 0. The monoisotopic (exact) mass is 357 g/mol. The Kier molecular flexibility index (Phi) is 4.45. The predicted molar refractivity (Wildman–Crippen MR) is 94.8 cm³/mol. The number of ether oxygens (including phenoxy) is 1. The smallest absolute Gasteiger partial charge is 0.307 e. The standard InChI is InChI=1S/C20H27N3O3/c1-13(2)8-17-21-10-14-11-23(12-16(14)22-17)19(25)15-9-18(24)26-20(15)6-4-3-5-7-20/h10,13,15H,3-9,11-12H2,1-2H3/t15-/m1/s1. The first kappa shape index (κ1) is 17.4. The van der Waals surface area contributed by atoms with Crippen molar-refractivity contribution in [2.24, 2.45) is 11.8 Å². The molecule has 140 valence electrons. The molecule has 2 aliphatic heterocycles. The van der Waals surface area contributed by atoms with Gasteiger partial charge in [0.05, 0.1) is 24.6 Å². The molecule has 0 N–H and O–H groups in total. The second-order valence-electron chi connectivity index (χ2n) is 8.41. The summed E-state index contributed by atoms with van der Waals surface area (Å²) in [7, 11) is 0. The molecule has 1 aliphatic carbocycles. The maximum absolute atomic E-state index is 13.2. The normalized spacial score (nSPS) is 24.2. The number of carbonyl (C=O) groups is 2. The van der Waals surface area contributed by atoms with Crippen LogP contribution in [0.1, 0.15) is 69.5 Å². The highest BCUT2D eigenvalue weighted by Crippen LogP contribution is 2.45. The first-order valence-corrected chi connectivity index (χ1v) is 9.81. The van der Waals surface area contributed by atoms with Crippen LogP contribution in [0, 0.1) is 11.8 Å². The minimum absolute atomic E-state index is 0.0427. The van der Waals surface area contributed by atoms with Gasteiger partial charge in [-0.1, -0.05) is 20.3 Å². The van der Waals surface area contributed by atoms with Crippen LogP contribution in [0.3, 0.4) is 0 Å². The minimum Gasteiger partial charge on any atom is -0.458 e. The molecular weight excluding hydrogens is 330 g/mol. The van der Waals surface area contributed by atoms with Crippen LogP contribution in [0.25, 0.3) is 0 Å². The predicted octanol–water partition coefficient (Wildman–Crippen LogP) is 2.78. The van der Waals surface area contributed by atoms with Crippen LogP contribution in [0.5, 0.6) is 0 Å². The highest BCUT2D eigenvalue weighted by molar-refractivity contribution is 5.88. The Morgan fingerprint density at radius 1 is 1.31 bits per heavy atom. The highest BCUT2D eigenvalue weighted by Gasteiger charge is 2.54. The summed E-state index contributed by atoms with van der Waals surface area (Å²) in [6, 6.07) is 0. The lowest BCUT2D eigenvalue weighted by Gasteiger charge is -2.37. The molecule has 0 aromatic carbocycles. The van der Waals surface area contributed by atoms with E-state index in [0.717, 1.165) is 55.6 Å². The van der Waals surface area contributed by atoms with Crippen molar-refractivity contribution in [3.63, 3.8) is 0 Å². The van der Waals surface area contributed by atoms with Gasteiger partial charge in [0.2, 0.25) is 5.91 Å². The fraction of sp³-hybridized carbons (Fsp3) is 0.700. The molecule has 1 saturated carbocycles. The molecule has 1 amide bonds. The van der Waals surface area contributed by atoms with Crippen LogP contribution in [-0.4, -0.2) is 32.3 Å². The van der Waals surface area contributed by atoms with Crippen molar-refractivity contribution in [1.82, 2.24) is 14.9 Å². The fourth-order valence-corrected chi connectivity index (χ4v) is 4.64. The Morgan fingerprint density at radius 2 is 2.08 bits per heavy atom. The Bertz CT molecular complexity index is 725. The van der Waals surface area contributed by atoms with Gasteiger partial charge in [0, 0.05) is 24.7 Å². The number of hydrogen-bond donors (Lipinski definition) is 0. The fourth-order valence-electron chi connectivity index (χ4n) is 4.64. The van der Waals surface area contributed by atoms with Crippen molar-refractivity contribution in [3.8, 4) is 0 Å². The van der Waals surface area contributed by atoms with E-state index in [9.17, 15) is 9.59 Å². The van der Waals surface area contributed by atoms with Crippen molar-refractivity contribution < 1.29 is 14.3 Å². The highest BCUT2D eigenvalue weighted by atomic mass is 16.6. The Morgan fingerprint density at radius 3 is 2.81 bits per heavy atom. The van der Waals surface area contributed by atoms with E-state index in [1.54, 1.807) is 0 Å². The third-order valence-electron chi connectivity index (χ3n) is 5.93. The molecule has 1 spiro atoms. The van der Waals surface area contributed by atoms with E-state index < -0.39 is 5.60 Å². The van der Waals surface area contributed by atoms with E-state index in [1.807, 2.05) is 11.1 Å². The largest absolute Gasteiger partial charge is 0.458 e. The zero-order valence-electron chi connectivity index (χ0n) is 15.7. The molecule has 0 unspecified atom stereocenters. The van der Waals surface area contributed by atoms with Gasteiger partial charge in [-0.15, -0.1) is 0 Å². The van der Waals surface area contributed by atoms with Crippen LogP contribution in [-0.2, 0) is 33.8 Å². The van der Waals surface area contributed by atoms with Crippen molar-refractivity contribution >= 4 is 11.9 Å². The molecule has 6 nitrogen and oxygen atoms in total. The summed E-state index contributed by atoms with van der Waals surface area (Å²) in [5, 5.41) is 0. The maximum atomic E-state index is 13.2. The molecule has 3 heterocycles. The van der Waals surface area contributed by atoms with Crippen LogP contribution in [0.4, 0.5) is 0 Å². The second-order valence-corrected chi connectivity index (χ2v) is 8.41. The molecule has 4 rings (SSSR count). The molecule has 1 aromatic rings. The number of fused-ring (bicyclic) bond motifs is 1. The van der Waals surface area contributed by atoms with E-state index in [-0.39, 0.29) is 24.2 Å². The van der Waals surface area contributed by atoms with Gasteiger partial charge >= 0.3 is 5.97 Å². The summed E-state index contributed by atoms with van der Waals surface area (Å²) in [4.78, 5) is 36.2. The average Bonchev–Trinajstić information content (AvgIpc) is 3.15. The van der Waals surface area contributed by atoms with Gasteiger partial charge in [0.15, 0.2) is 0 Å². The van der Waals surface area contributed by atoms with Crippen LogP contribution < -0.4 is 0 Å². The van der Waals surface area contributed by atoms with Gasteiger partial charge in [-0.2, -0.15) is 0 Å². The molecule has 3 aliphatic rings. The van der Waals surface area contributed by atoms with Crippen LogP contribution in [0.15, 0.2) is 6.20 Å². The third-order valence-corrected chi connectivity index (χ3v) is 5.93. The number of hydrogen-bond acceptors (Lipinski definition) is 5. The lowest BCUT2D eigenvalue weighted by molar-refractivity contribution is -0.156. The van der Waals surface area contributed by atoms with Crippen LogP contribution >= 0.6 is 0 Å². The Balaban J connectivity index is 1.51. The van der Waals surface area contributed by atoms with Crippen molar-refractivity contribution in [2.75, 3.05) is 0 Å². The number of aromatic nitrogens is 2. The summed E-state index contributed by atoms with van der Waals surface area (Å²) in [6.07, 6.45) is 7.76. The first-order valence-electron chi connectivity index (χ1n) is 9.81. The number of esters is 1. The minimum atomic E-state index is -0.560. The number of rotatable bonds is 3. The molecule has 1 saturated heterocycles. The lowest BCUT2D eigenvalue weighted by atomic mass is 9.75. The molecule has 0 radical (unpaired) electrons. The Labute approximate surface area is 154 Å². The molecule has 6 heteroatoms. The summed E-state index contributed by atoms with van der Waals surface area (Å²) in [5.41, 5.74) is 1.41. The topological polar surface area (TPSA) is 72.4 Å². The van der Waals surface area contributed by atoms with Crippen molar-refractivity contribution in [2.45, 2.75) is 77.5 Å². The van der Waals surface area contributed by atoms with Gasteiger partial charge in [0.1, 0.15) is 11.4 Å². The maximum Gasteiger partial charge on any atom is 0.307 e. The molecule has 1 atom stereocenters. The van der Waals surface area contributed by atoms with E-state index in [4.69, 9.17) is 4.74 Å². The van der Waals surface area contributed by atoms with Gasteiger partial charge in [-0.25, -0.2) is 9.97 Å². The molecule has 26 heavy (non-hydrogen) atoms. The van der Waals surface area contributed by atoms with E-state index in [0.29, 0.717) is 19.0 Å². The Hall–Kier alpha value is -1.98. The van der Waals surface area contributed by atoms with E-state index >= 15 is 0 Å². The van der Waals surface area contributed by atoms with Crippen molar-refractivity contribution in [3.05, 3.63) is 23.3 Å². The summed E-state index contributed by atoms with van der Waals surface area (Å²) in [6.45, 7) is 5.35. The molecular formula is C20H27N3O3. The molecule has 1 aromatic heterocycles. The quantitative estimate of drug-likeness (QED) is 0.778. The van der Waals surface area contributed by atoms with Crippen LogP contribution in [0.2, 0.25) is 0 Å². The summed E-state index contributed by atoms with van der Waals surface area (Å²) < 4.78 is 5.71. The zero-order chi connectivity index (χ0) is 18.3. The number of carbonyl (C=O) groups excluding carboxylic acids is 2. The number of nitrogens with zero attached hydrogens (tertiary/aromatic N) is 3. The molecule has 0 bridgehead atoms. The molecule has 2 fully saturated rings. The second kappa shape index (κ2) is 6.63. The first-order chi connectivity index (χ1) is 12.5. The van der Waals surface area contributed by atoms with Crippen molar-refractivity contribution in [1.29, 1.82) is 0 Å². The van der Waals surface area contributed by atoms with Gasteiger partial charge < -0.3 is 9.64 Å². The SMILES string of the molecule is CC(C)Cc1ncc2c(n1)CN(C(=O)[C@H]1CC(=O)OC13CCCCC3)C2.